The Balaban J connectivity index is 1.77. The highest BCUT2D eigenvalue weighted by Gasteiger charge is 2.39. The Morgan fingerprint density at radius 3 is 1.79 bits per heavy atom. The van der Waals surface area contributed by atoms with Gasteiger partial charge in [-0.1, -0.05) is 32.0 Å². The fourth-order valence-electron chi connectivity index (χ4n) is 4.34. The molecule has 0 N–H and O–H groups in total. The Labute approximate surface area is 215 Å². The molecule has 0 radical (unpaired) electrons. The van der Waals surface area contributed by atoms with E-state index in [1.807, 2.05) is 0 Å². The van der Waals surface area contributed by atoms with Gasteiger partial charge in [-0.05, 0) is 61.9 Å². The van der Waals surface area contributed by atoms with E-state index in [4.69, 9.17) is 4.98 Å². The van der Waals surface area contributed by atoms with Gasteiger partial charge in [0.05, 0.1) is 22.8 Å². The first-order chi connectivity index (χ1) is 17.6. The quantitative estimate of drug-likeness (QED) is 0.241. The fourth-order valence-corrected chi connectivity index (χ4v) is 4.34. The molecule has 4 rings (SSSR count). The average molecular weight is 533 g/mol. The maximum atomic E-state index is 14.8. The molecule has 2 aromatic heterocycles. The van der Waals surface area contributed by atoms with Crippen LogP contribution in [0.5, 0.6) is 0 Å². The molecule has 0 aliphatic rings. The van der Waals surface area contributed by atoms with Crippen molar-refractivity contribution in [3.8, 4) is 11.3 Å². The molecule has 9 heteroatoms. The van der Waals surface area contributed by atoms with Crippen LogP contribution in [0.1, 0.15) is 55.9 Å². The largest absolute Gasteiger partial charge is 0.422 e. The highest BCUT2D eigenvalue weighted by Crippen LogP contribution is 2.39. The maximum absolute atomic E-state index is 14.8. The minimum atomic E-state index is -5.22. The lowest BCUT2D eigenvalue weighted by Gasteiger charge is -2.29. The predicted octanol–water partition coefficient (Wildman–Crippen LogP) is 8.37. The van der Waals surface area contributed by atoms with E-state index >= 15 is 0 Å². The van der Waals surface area contributed by atoms with Gasteiger partial charge in [-0.2, -0.15) is 13.2 Å². The molecule has 0 saturated carbocycles. The van der Waals surface area contributed by atoms with Gasteiger partial charge in [-0.15, -0.1) is 0 Å². The summed E-state index contributed by atoms with van der Waals surface area (Å²) >= 11 is 0. The number of halogens is 7. The molecule has 4 aromatic rings. The van der Waals surface area contributed by atoms with Crippen molar-refractivity contribution in [2.75, 3.05) is 0 Å². The van der Waals surface area contributed by atoms with Gasteiger partial charge in [0, 0.05) is 22.5 Å². The van der Waals surface area contributed by atoms with Crippen LogP contribution in [0.25, 0.3) is 11.3 Å². The van der Waals surface area contributed by atoms with E-state index in [1.165, 1.54) is 24.3 Å². The molecule has 2 aromatic carbocycles. The monoisotopic (exact) mass is 532 g/mol. The van der Waals surface area contributed by atoms with Crippen molar-refractivity contribution in [2.24, 2.45) is 0 Å². The van der Waals surface area contributed by atoms with E-state index in [-0.39, 0.29) is 11.3 Å². The van der Waals surface area contributed by atoms with Crippen molar-refractivity contribution in [1.29, 1.82) is 0 Å². The van der Waals surface area contributed by atoms with E-state index in [9.17, 15) is 30.7 Å². The Bertz CT molecular complexity index is 1510. The van der Waals surface area contributed by atoms with Gasteiger partial charge in [0.1, 0.15) is 28.8 Å². The lowest BCUT2D eigenvalue weighted by molar-refractivity contribution is -0.142. The molecule has 0 fully saturated rings. The summed E-state index contributed by atoms with van der Waals surface area (Å²) in [6.07, 6.45) is -5.22. The maximum Gasteiger partial charge on any atom is 0.422 e. The van der Waals surface area contributed by atoms with Gasteiger partial charge in [0.15, 0.2) is 0 Å². The Morgan fingerprint density at radius 1 is 0.605 bits per heavy atom. The van der Waals surface area contributed by atoms with Crippen molar-refractivity contribution in [2.45, 2.75) is 44.7 Å². The summed E-state index contributed by atoms with van der Waals surface area (Å²) in [6.45, 7) is 7.05. The first-order valence-corrected chi connectivity index (χ1v) is 11.6. The Hall–Kier alpha value is -3.75. The zero-order valence-electron chi connectivity index (χ0n) is 20.9. The van der Waals surface area contributed by atoms with Crippen molar-refractivity contribution < 1.29 is 30.7 Å². The van der Waals surface area contributed by atoms with Crippen molar-refractivity contribution in [3.05, 3.63) is 118 Å². The minimum absolute atomic E-state index is 0.108. The molecule has 0 amide bonds. The third-order valence-electron chi connectivity index (χ3n) is 6.67. The second-order valence-corrected chi connectivity index (χ2v) is 9.97. The average Bonchev–Trinajstić information content (AvgIpc) is 2.83. The minimum Gasteiger partial charge on any atom is -0.256 e. The molecule has 38 heavy (non-hydrogen) atoms. The van der Waals surface area contributed by atoms with Gasteiger partial charge in [0.25, 0.3) is 0 Å². The number of pyridine rings is 2. The molecule has 198 valence electrons. The lowest BCUT2D eigenvalue weighted by atomic mass is 9.79. The van der Waals surface area contributed by atoms with Crippen molar-refractivity contribution >= 4 is 0 Å². The van der Waals surface area contributed by atoms with Crippen LogP contribution in [0.4, 0.5) is 30.7 Å². The van der Waals surface area contributed by atoms with Crippen LogP contribution in [-0.2, 0) is 17.0 Å². The molecular weight excluding hydrogens is 509 g/mol. The van der Waals surface area contributed by atoms with Gasteiger partial charge in [-0.3, -0.25) is 9.97 Å². The predicted molar refractivity (Wildman–Crippen MR) is 129 cm³/mol. The molecule has 0 aliphatic carbocycles. The van der Waals surface area contributed by atoms with Crippen molar-refractivity contribution in [3.63, 3.8) is 0 Å². The van der Waals surface area contributed by atoms with Gasteiger partial charge < -0.3 is 0 Å². The Morgan fingerprint density at radius 2 is 1.18 bits per heavy atom. The summed E-state index contributed by atoms with van der Waals surface area (Å²) in [5.41, 5.74) is -2.84. The number of rotatable bonds is 5. The molecule has 0 atom stereocenters. The van der Waals surface area contributed by atoms with E-state index < -0.39 is 51.4 Å². The molecule has 0 unspecified atom stereocenters. The highest BCUT2D eigenvalue weighted by molar-refractivity contribution is 5.62. The molecule has 0 saturated heterocycles. The molecular formula is C29H23F7N2. The molecule has 0 spiro atoms. The van der Waals surface area contributed by atoms with E-state index in [0.29, 0.717) is 23.1 Å². The van der Waals surface area contributed by atoms with Gasteiger partial charge in [-0.25, -0.2) is 17.6 Å². The standard InChI is InChI=1S/C29H23F7N2/c1-27(2,18-13-11-16(30)15-20(18)32)22-9-6-10-24(38-22)28(3,4)23-8-5-7-21(37-23)17-12-14-19(31)25(26(17)33)29(34,35)36/h5-15H,1-4H3. The van der Waals surface area contributed by atoms with Crippen LogP contribution < -0.4 is 0 Å². The summed E-state index contributed by atoms with van der Waals surface area (Å²) < 4.78 is 96.4. The summed E-state index contributed by atoms with van der Waals surface area (Å²) in [5.74, 6) is -4.87. The van der Waals surface area contributed by atoms with Crippen LogP contribution >= 0.6 is 0 Å². The SMILES string of the molecule is CC(C)(c1cccc(-c2ccc(F)c(C(F)(F)F)c2F)n1)c1cccc(C(C)(C)c2ccc(F)cc2F)n1. The number of nitrogens with zero attached hydrogens (tertiary/aromatic N) is 2. The number of alkyl halides is 3. The number of aromatic nitrogens is 2. The van der Waals surface area contributed by atoms with Crippen LogP contribution in [0.15, 0.2) is 66.7 Å². The summed E-state index contributed by atoms with van der Waals surface area (Å²) in [5, 5.41) is 0. The summed E-state index contributed by atoms with van der Waals surface area (Å²) in [7, 11) is 0. The van der Waals surface area contributed by atoms with E-state index in [1.54, 1.807) is 52.0 Å². The molecule has 2 heterocycles. The zero-order chi connectivity index (χ0) is 28.0. The normalized spacial score (nSPS) is 12.6. The third kappa shape index (κ3) is 4.89. The fraction of sp³-hybridized carbons (Fsp3) is 0.241. The third-order valence-corrected chi connectivity index (χ3v) is 6.67. The first kappa shape index (κ1) is 27.3. The van der Waals surface area contributed by atoms with Crippen LogP contribution in [0, 0.1) is 23.3 Å². The molecule has 0 aliphatic heterocycles. The summed E-state index contributed by atoms with van der Waals surface area (Å²) in [6, 6.07) is 14.4. The highest BCUT2D eigenvalue weighted by atomic mass is 19.4. The lowest BCUT2D eigenvalue weighted by Crippen LogP contribution is -2.27. The molecule has 2 nitrogen and oxygen atoms in total. The van der Waals surface area contributed by atoms with Crippen molar-refractivity contribution in [1.82, 2.24) is 9.97 Å². The number of hydrogen-bond acceptors (Lipinski definition) is 2. The van der Waals surface area contributed by atoms with Gasteiger partial charge >= 0.3 is 6.18 Å². The van der Waals surface area contributed by atoms with Crippen LogP contribution in [-0.4, -0.2) is 9.97 Å². The van der Waals surface area contributed by atoms with E-state index in [2.05, 4.69) is 4.98 Å². The number of benzene rings is 2. The van der Waals surface area contributed by atoms with Crippen LogP contribution in [0.2, 0.25) is 0 Å². The Kier molecular flexibility index (Phi) is 6.84. The van der Waals surface area contributed by atoms with Gasteiger partial charge in [0.2, 0.25) is 0 Å². The van der Waals surface area contributed by atoms with E-state index in [0.717, 1.165) is 12.1 Å². The summed E-state index contributed by atoms with van der Waals surface area (Å²) in [4.78, 5) is 9.14. The molecule has 0 bridgehead atoms. The second kappa shape index (κ2) is 9.53. The topological polar surface area (TPSA) is 25.8 Å². The second-order valence-electron chi connectivity index (χ2n) is 9.97. The number of hydrogen-bond donors (Lipinski definition) is 0. The zero-order valence-corrected chi connectivity index (χ0v) is 20.9. The van der Waals surface area contributed by atoms with Crippen LogP contribution in [0.3, 0.4) is 0 Å². The smallest absolute Gasteiger partial charge is 0.256 e. The first-order valence-electron chi connectivity index (χ1n) is 11.6.